The van der Waals surface area contributed by atoms with Crippen molar-refractivity contribution in [2.45, 2.75) is 19.4 Å². The molecule has 1 saturated heterocycles. The summed E-state index contributed by atoms with van der Waals surface area (Å²) in [5, 5.41) is 0. The summed E-state index contributed by atoms with van der Waals surface area (Å²) in [6, 6.07) is 7.54. The van der Waals surface area contributed by atoms with E-state index in [2.05, 4.69) is 4.90 Å². The average Bonchev–Trinajstić information content (AvgIpc) is 2.39. The molecule has 1 aromatic carbocycles. The predicted molar refractivity (Wildman–Crippen MR) is 79.3 cm³/mol. The molecule has 0 radical (unpaired) electrons. The van der Waals surface area contributed by atoms with Crippen molar-refractivity contribution in [2.24, 2.45) is 17.4 Å². The molecule has 19 heavy (non-hydrogen) atoms. The molecule has 0 bridgehead atoms. The summed E-state index contributed by atoms with van der Waals surface area (Å²) >= 11 is 0. The maximum absolute atomic E-state index is 11.0. The first-order valence-electron chi connectivity index (χ1n) is 6.50. The van der Waals surface area contributed by atoms with Crippen molar-refractivity contribution in [1.82, 2.24) is 4.90 Å². The van der Waals surface area contributed by atoms with Gasteiger partial charge in [-0.05, 0) is 49.5 Å². The maximum atomic E-state index is 11.0. The fourth-order valence-corrected chi connectivity index (χ4v) is 2.52. The van der Waals surface area contributed by atoms with E-state index in [1.54, 1.807) is 12.1 Å². The first-order chi connectivity index (χ1) is 8.69. The van der Waals surface area contributed by atoms with Crippen molar-refractivity contribution in [2.75, 3.05) is 19.6 Å². The van der Waals surface area contributed by atoms with E-state index < -0.39 is 0 Å². The third-order valence-corrected chi connectivity index (χ3v) is 3.58. The molecule has 0 spiro atoms. The number of piperidine rings is 1. The highest BCUT2D eigenvalue weighted by atomic mass is 35.5. The Morgan fingerprint density at radius 3 is 2.58 bits per heavy atom. The Kier molecular flexibility index (Phi) is 6.28. The molecule has 1 unspecified atom stereocenters. The highest BCUT2D eigenvalue weighted by Gasteiger charge is 2.18. The van der Waals surface area contributed by atoms with Crippen molar-refractivity contribution in [3.63, 3.8) is 0 Å². The monoisotopic (exact) mass is 283 g/mol. The van der Waals surface area contributed by atoms with Crippen molar-refractivity contribution in [3.8, 4) is 0 Å². The number of rotatable bonds is 4. The Labute approximate surface area is 120 Å². The second kappa shape index (κ2) is 7.48. The summed E-state index contributed by atoms with van der Waals surface area (Å²) in [7, 11) is 0. The average molecular weight is 284 g/mol. The Morgan fingerprint density at radius 2 is 2.00 bits per heavy atom. The molecule has 0 aromatic heterocycles. The van der Waals surface area contributed by atoms with E-state index >= 15 is 0 Å². The summed E-state index contributed by atoms with van der Waals surface area (Å²) in [5.74, 6) is 0.256. The van der Waals surface area contributed by atoms with Crippen molar-refractivity contribution >= 4 is 18.3 Å². The van der Waals surface area contributed by atoms with Crippen LogP contribution in [0.5, 0.6) is 0 Å². The van der Waals surface area contributed by atoms with E-state index in [9.17, 15) is 4.79 Å². The van der Waals surface area contributed by atoms with E-state index in [1.807, 2.05) is 12.1 Å². The third kappa shape index (κ3) is 4.49. The van der Waals surface area contributed by atoms with E-state index in [0.29, 0.717) is 11.5 Å². The standard InChI is InChI=1S/C14H21N3O.ClH/c15-8-12-2-1-7-17(10-12)9-11-3-5-13(6-4-11)14(16)18;/h3-6,12H,1-2,7-10,15H2,(H2,16,18);1H. The molecular weight excluding hydrogens is 262 g/mol. The second-order valence-corrected chi connectivity index (χ2v) is 5.04. The van der Waals surface area contributed by atoms with E-state index in [4.69, 9.17) is 11.5 Å². The van der Waals surface area contributed by atoms with E-state index in [1.165, 1.54) is 18.4 Å². The number of carbonyl (C=O) groups is 1. The van der Waals surface area contributed by atoms with Gasteiger partial charge in [0.05, 0.1) is 0 Å². The van der Waals surface area contributed by atoms with Crippen LogP contribution in [-0.2, 0) is 6.54 Å². The predicted octanol–water partition coefficient (Wildman–Crippen LogP) is 1.38. The zero-order valence-corrected chi connectivity index (χ0v) is 11.9. The molecule has 4 N–H and O–H groups in total. The van der Waals surface area contributed by atoms with Crippen molar-refractivity contribution in [3.05, 3.63) is 35.4 Å². The van der Waals surface area contributed by atoms with Gasteiger partial charge >= 0.3 is 0 Å². The van der Waals surface area contributed by atoms with Crippen LogP contribution in [0.1, 0.15) is 28.8 Å². The Hall–Kier alpha value is -1.10. The minimum atomic E-state index is -0.372. The van der Waals surface area contributed by atoms with Gasteiger partial charge in [-0.2, -0.15) is 0 Å². The van der Waals surface area contributed by atoms with Gasteiger partial charge < -0.3 is 11.5 Å². The van der Waals surface area contributed by atoms with Gasteiger partial charge in [0.25, 0.3) is 0 Å². The van der Waals surface area contributed by atoms with Gasteiger partial charge in [0.15, 0.2) is 0 Å². The minimum absolute atomic E-state index is 0. The topological polar surface area (TPSA) is 72.3 Å². The van der Waals surface area contributed by atoms with Gasteiger partial charge in [0.2, 0.25) is 5.91 Å². The zero-order chi connectivity index (χ0) is 13.0. The number of carbonyl (C=O) groups excluding carboxylic acids is 1. The van der Waals surface area contributed by atoms with Gasteiger partial charge in [0.1, 0.15) is 0 Å². The lowest BCUT2D eigenvalue weighted by Gasteiger charge is -2.32. The molecule has 0 saturated carbocycles. The normalized spacial score (nSPS) is 19.7. The molecule has 5 heteroatoms. The van der Waals surface area contributed by atoms with Gasteiger partial charge in [0, 0.05) is 18.7 Å². The second-order valence-electron chi connectivity index (χ2n) is 5.04. The summed E-state index contributed by atoms with van der Waals surface area (Å²) in [4.78, 5) is 13.4. The molecule has 1 fully saturated rings. The molecule has 4 nitrogen and oxygen atoms in total. The Bertz CT molecular complexity index is 408. The molecular formula is C14H22ClN3O. The lowest BCUT2D eigenvalue weighted by Crippen LogP contribution is -2.37. The highest BCUT2D eigenvalue weighted by Crippen LogP contribution is 2.17. The molecule has 1 aromatic rings. The van der Waals surface area contributed by atoms with Crippen LogP contribution in [0.25, 0.3) is 0 Å². The summed E-state index contributed by atoms with van der Waals surface area (Å²) < 4.78 is 0. The first-order valence-corrected chi connectivity index (χ1v) is 6.50. The number of nitrogens with two attached hydrogens (primary N) is 2. The van der Waals surface area contributed by atoms with E-state index in [-0.39, 0.29) is 18.3 Å². The number of primary amides is 1. The first kappa shape index (κ1) is 16.0. The Morgan fingerprint density at radius 1 is 1.32 bits per heavy atom. The van der Waals surface area contributed by atoms with Crippen LogP contribution in [0.3, 0.4) is 0 Å². The van der Waals surface area contributed by atoms with Crippen molar-refractivity contribution in [1.29, 1.82) is 0 Å². The van der Waals surface area contributed by atoms with Crippen LogP contribution < -0.4 is 11.5 Å². The van der Waals surface area contributed by atoms with Gasteiger partial charge in [-0.15, -0.1) is 12.4 Å². The quantitative estimate of drug-likeness (QED) is 0.877. The van der Waals surface area contributed by atoms with Gasteiger partial charge in [-0.25, -0.2) is 0 Å². The number of halogens is 1. The number of nitrogens with zero attached hydrogens (tertiary/aromatic N) is 1. The highest BCUT2D eigenvalue weighted by molar-refractivity contribution is 5.92. The lowest BCUT2D eigenvalue weighted by atomic mass is 9.98. The van der Waals surface area contributed by atoms with Crippen LogP contribution in [-0.4, -0.2) is 30.4 Å². The molecule has 1 aliphatic rings. The summed E-state index contributed by atoms with van der Waals surface area (Å²) in [6.45, 7) is 3.91. The largest absolute Gasteiger partial charge is 0.366 e. The summed E-state index contributed by atoms with van der Waals surface area (Å²) in [5.41, 5.74) is 12.7. The molecule has 2 rings (SSSR count). The molecule has 1 aliphatic heterocycles. The van der Waals surface area contributed by atoms with Gasteiger partial charge in [-0.3, -0.25) is 9.69 Å². The van der Waals surface area contributed by atoms with Crippen LogP contribution >= 0.6 is 12.4 Å². The lowest BCUT2D eigenvalue weighted by molar-refractivity contribution is 0.100. The SMILES string of the molecule is Cl.NCC1CCCN(Cc2ccc(C(N)=O)cc2)C1. The van der Waals surface area contributed by atoms with Crippen LogP contribution in [0.15, 0.2) is 24.3 Å². The number of likely N-dealkylation sites (tertiary alicyclic amines) is 1. The van der Waals surface area contributed by atoms with Crippen LogP contribution in [0.2, 0.25) is 0 Å². The van der Waals surface area contributed by atoms with E-state index in [0.717, 1.165) is 26.2 Å². The Balaban J connectivity index is 0.00000180. The number of hydrogen-bond donors (Lipinski definition) is 2. The fraction of sp³-hybridized carbons (Fsp3) is 0.500. The number of benzene rings is 1. The molecule has 1 heterocycles. The van der Waals surface area contributed by atoms with Crippen molar-refractivity contribution < 1.29 is 4.79 Å². The number of hydrogen-bond acceptors (Lipinski definition) is 3. The molecule has 1 amide bonds. The third-order valence-electron chi connectivity index (χ3n) is 3.58. The number of amides is 1. The maximum Gasteiger partial charge on any atom is 0.248 e. The van der Waals surface area contributed by atoms with Gasteiger partial charge in [-0.1, -0.05) is 12.1 Å². The minimum Gasteiger partial charge on any atom is -0.366 e. The fourth-order valence-electron chi connectivity index (χ4n) is 2.52. The molecule has 1 atom stereocenters. The molecule has 106 valence electrons. The smallest absolute Gasteiger partial charge is 0.248 e. The molecule has 0 aliphatic carbocycles. The zero-order valence-electron chi connectivity index (χ0n) is 11.0. The van der Waals surface area contributed by atoms with Crippen LogP contribution in [0.4, 0.5) is 0 Å². The summed E-state index contributed by atoms with van der Waals surface area (Å²) in [6.07, 6.45) is 2.47. The van der Waals surface area contributed by atoms with Crippen LogP contribution in [0, 0.1) is 5.92 Å².